The van der Waals surface area contributed by atoms with Crippen molar-refractivity contribution in [1.29, 1.82) is 0 Å². The minimum atomic E-state index is -0.405. The molecule has 0 saturated carbocycles. The van der Waals surface area contributed by atoms with Gasteiger partial charge < -0.3 is 24.6 Å². The fourth-order valence-electron chi connectivity index (χ4n) is 2.35. The van der Waals surface area contributed by atoms with E-state index in [1.165, 1.54) is 19.2 Å². The van der Waals surface area contributed by atoms with Crippen LogP contribution < -0.4 is 14.8 Å². The van der Waals surface area contributed by atoms with E-state index in [4.69, 9.17) is 42.5 Å². The monoisotopic (exact) mass is 417 g/mol. The molecule has 2 aromatic rings. The van der Waals surface area contributed by atoms with E-state index < -0.39 is 5.82 Å². The molecule has 0 aliphatic heterocycles. The standard InChI is InChI=1S/C19H22Cl2FNO4/c1-25-18-9-13(11-23-4-6-26-7-5-24)8-17(21)19(18)27-12-14-2-3-15(22)10-16(14)20/h2-3,8-10,23-24H,4-7,11-12H2,1H3. The predicted octanol–water partition coefficient (Wildman–Crippen LogP) is 3.82. The van der Waals surface area contributed by atoms with E-state index in [9.17, 15) is 4.39 Å². The van der Waals surface area contributed by atoms with Crippen molar-refractivity contribution < 1.29 is 23.7 Å². The highest BCUT2D eigenvalue weighted by atomic mass is 35.5. The summed E-state index contributed by atoms with van der Waals surface area (Å²) in [6.45, 7) is 2.19. The predicted molar refractivity (Wildman–Crippen MR) is 103 cm³/mol. The average molecular weight is 418 g/mol. The largest absolute Gasteiger partial charge is 0.493 e. The summed E-state index contributed by atoms with van der Waals surface area (Å²) in [6.07, 6.45) is 0. The van der Waals surface area contributed by atoms with E-state index in [2.05, 4.69) is 5.32 Å². The molecular formula is C19H22Cl2FNO4. The first kappa shape index (κ1) is 21.7. The Morgan fingerprint density at radius 2 is 1.93 bits per heavy atom. The SMILES string of the molecule is COc1cc(CNCCOCCO)cc(Cl)c1OCc1ccc(F)cc1Cl. The molecule has 0 fully saturated rings. The minimum Gasteiger partial charge on any atom is -0.493 e. The molecule has 0 unspecified atom stereocenters. The van der Waals surface area contributed by atoms with Crippen LogP contribution in [0.25, 0.3) is 0 Å². The lowest BCUT2D eigenvalue weighted by Crippen LogP contribution is -2.20. The number of hydrogen-bond donors (Lipinski definition) is 2. The van der Waals surface area contributed by atoms with Crippen LogP contribution in [0.15, 0.2) is 30.3 Å². The van der Waals surface area contributed by atoms with E-state index in [1.807, 2.05) is 6.07 Å². The lowest BCUT2D eigenvalue weighted by molar-refractivity contribution is 0.0938. The highest BCUT2D eigenvalue weighted by molar-refractivity contribution is 6.32. The van der Waals surface area contributed by atoms with Gasteiger partial charge in [-0.2, -0.15) is 0 Å². The topological polar surface area (TPSA) is 60.0 Å². The Bertz CT molecular complexity index is 746. The van der Waals surface area contributed by atoms with Crippen LogP contribution in [0.5, 0.6) is 11.5 Å². The Morgan fingerprint density at radius 3 is 2.63 bits per heavy atom. The maximum absolute atomic E-state index is 13.1. The van der Waals surface area contributed by atoms with Crippen LogP contribution in [0.2, 0.25) is 10.0 Å². The van der Waals surface area contributed by atoms with Crippen LogP contribution in [0.1, 0.15) is 11.1 Å². The number of ether oxygens (including phenoxy) is 3. The van der Waals surface area contributed by atoms with Crippen LogP contribution in [-0.2, 0) is 17.9 Å². The highest BCUT2D eigenvalue weighted by Gasteiger charge is 2.13. The summed E-state index contributed by atoms with van der Waals surface area (Å²) in [5.41, 5.74) is 1.57. The Kier molecular flexibility index (Phi) is 9.10. The first-order valence-corrected chi connectivity index (χ1v) is 9.13. The molecule has 0 radical (unpaired) electrons. The van der Waals surface area contributed by atoms with Gasteiger partial charge in [-0.25, -0.2) is 4.39 Å². The molecule has 2 N–H and O–H groups in total. The van der Waals surface area contributed by atoms with E-state index in [-0.39, 0.29) is 18.2 Å². The van der Waals surface area contributed by atoms with Crippen molar-refractivity contribution in [3.63, 3.8) is 0 Å². The molecule has 0 heterocycles. The van der Waals surface area contributed by atoms with Gasteiger partial charge in [-0.3, -0.25) is 0 Å². The Hall–Kier alpha value is -1.57. The van der Waals surface area contributed by atoms with Gasteiger partial charge in [0.25, 0.3) is 0 Å². The van der Waals surface area contributed by atoms with Crippen molar-refractivity contribution in [2.75, 3.05) is 33.5 Å². The van der Waals surface area contributed by atoms with Crippen LogP contribution >= 0.6 is 23.2 Å². The summed E-state index contributed by atoms with van der Waals surface area (Å²) in [5, 5.41) is 12.6. The number of halogens is 3. The maximum atomic E-state index is 13.1. The zero-order chi connectivity index (χ0) is 19.6. The molecule has 0 atom stereocenters. The molecule has 0 saturated heterocycles. The van der Waals surface area contributed by atoms with E-state index in [1.54, 1.807) is 12.1 Å². The van der Waals surface area contributed by atoms with Gasteiger partial charge >= 0.3 is 0 Å². The van der Waals surface area contributed by atoms with Gasteiger partial charge in [-0.05, 0) is 29.8 Å². The molecule has 27 heavy (non-hydrogen) atoms. The van der Waals surface area contributed by atoms with Crippen LogP contribution in [0.3, 0.4) is 0 Å². The normalized spacial score (nSPS) is 10.9. The average Bonchev–Trinajstić information content (AvgIpc) is 2.64. The molecule has 5 nitrogen and oxygen atoms in total. The van der Waals surface area contributed by atoms with Crippen molar-refractivity contribution >= 4 is 23.2 Å². The molecule has 148 valence electrons. The number of benzene rings is 2. The lowest BCUT2D eigenvalue weighted by atomic mass is 10.2. The summed E-state index contributed by atoms with van der Waals surface area (Å²) in [7, 11) is 1.53. The Labute approximate surface area is 167 Å². The van der Waals surface area contributed by atoms with E-state index in [0.717, 1.165) is 5.56 Å². The minimum absolute atomic E-state index is 0.0113. The van der Waals surface area contributed by atoms with Gasteiger partial charge in [0.1, 0.15) is 12.4 Å². The number of aliphatic hydroxyl groups excluding tert-OH is 1. The molecule has 0 aliphatic carbocycles. The molecule has 0 bridgehead atoms. The first-order chi connectivity index (χ1) is 13.0. The van der Waals surface area contributed by atoms with Gasteiger partial charge in [-0.1, -0.05) is 29.3 Å². The molecule has 2 aromatic carbocycles. The number of rotatable bonds is 11. The van der Waals surface area contributed by atoms with Crippen LogP contribution in [0, 0.1) is 5.82 Å². The van der Waals surface area contributed by atoms with Crippen LogP contribution in [-0.4, -0.2) is 38.6 Å². The van der Waals surface area contributed by atoms with Crippen LogP contribution in [0.4, 0.5) is 4.39 Å². The third kappa shape index (κ3) is 6.83. The summed E-state index contributed by atoms with van der Waals surface area (Å²) in [4.78, 5) is 0. The number of methoxy groups -OCH3 is 1. The van der Waals surface area contributed by atoms with Crippen molar-refractivity contribution in [2.45, 2.75) is 13.2 Å². The lowest BCUT2D eigenvalue weighted by Gasteiger charge is -2.15. The molecule has 8 heteroatoms. The summed E-state index contributed by atoms with van der Waals surface area (Å²) in [5.74, 6) is 0.488. The smallest absolute Gasteiger partial charge is 0.180 e. The fraction of sp³-hybridized carbons (Fsp3) is 0.368. The van der Waals surface area contributed by atoms with Crippen molar-refractivity contribution in [1.82, 2.24) is 5.32 Å². The van der Waals surface area contributed by atoms with Crippen molar-refractivity contribution in [2.24, 2.45) is 0 Å². The van der Waals surface area contributed by atoms with E-state index >= 15 is 0 Å². The zero-order valence-corrected chi connectivity index (χ0v) is 16.4. The van der Waals surface area contributed by atoms with Crippen molar-refractivity contribution in [3.05, 3.63) is 57.3 Å². The molecule has 2 rings (SSSR count). The molecule has 0 aromatic heterocycles. The van der Waals surface area contributed by atoms with Gasteiger partial charge in [0.15, 0.2) is 11.5 Å². The summed E-state index contributed by atoms with van der Waals surface area (Å²) in [6, 6.07) is 7.73. The maximum Gasteiger partial charge on any atom is 0.180 e. The molecule has 0 aliphatic rings. The van der Waals surface area contributed by atoms with E-state index in [0.29, 0.717) is 48.4 Å². The zero-order valence-electron chi connectivity index (χ0n) is 14.9. The summed E-state index contributed by atoms with van der Waals surface area (Å²) < 4.78 is 29.5. The van der Waals surface area contributed by atoms with Gasteiger partial charge in [-0.15, -0.1) is 0 Å². The van der Waals surface area contributed by atoms with Gasteiger partial charge in [0, 0.05) is 18.7 Å². The Balaban J connectivity index is 1.98. The second-order valence-electron chi connectivity index (χ2n) is 5.65. The summed E-state index contributed by atoms with van der Waals surface area (Å²) >= 11 is 12.4. The second kappa shape index (κ2) is 11.3. The number of aliphatic hydroxyl groups is 1. The second-order valence-corrected chi connectivity index (χ2v) is 6.46. The highest BCUT2D eigenvalue weighted by Crippen LogP contribution is 2.37. The number of nitrogens with one attached hydrogen (secondary N) is 1. The quantitative estimate of drug-likeness (QED) is 0.544. The van der Waals surface area contributed by atoms with Gasteiger partial charge in [0.05, 0.1) is 37.0 Å². The third-order valence-corrected chi connectivity index (χ3v) is 4.30. The first-order valence-electron chi connectivity index (χ1n) is 8.37. The molecular weight excluding hydrogens is 396 g/mol. The number of hydrogen-bond acceptors (Lipinski definition) is 5. The van der Waals surface area contributed by atoms with Gasteiger partial charge in [0.2, 0.25) is 0 Å². The molecule has 0 spiro atoms. The Morgan fingerprint density at radius 1 is 1.11 bits per heavy atom. The fourth-order valence-corrected chi connectivity index (χ4v) is 2.86. The third-order valence-electron chi connectivity index (χ3n) is 3.66. The molecule has 0 amide bonds. The van der Waals surface area contributed by atoms with Crippen molar-refractivity contribution in [3.8, 4) is 11.5 Å².